The van der Waals surface area contributed by atoms with Crippen LogP contribution in [0.4, 0.5) is 0 Å². The Morgan fingerprint density at radius 1 is 0.810 bits per heavy atom. The predicted octanol–water partition coefficient (Wildman–Crippen LogP) is 9.62. The number of nitrogens with zero attached hydrogens (tertiary/aromatic N) is 1. The maximum absolute atomic E-state index is 7.20. The third kappa shape index (κ3) is 3.59. The number of thiophene rings is 1. The van der Waals surface area contributed by atoms with Crippen LogP contribution in [0.1, 0.15) is 23.2 Å². The number of fused-ring (bicyclic) bond motifs is 5. The summed E-state index contributed by atoms with van der Waals surface area (Å²) in [4.78, 5) is 0. The quantitative estimate of drug-likeness (QED) is 0.227. The Kier molecular flexibility index (Phi) is 5.59. The Morgan fingerprint density at radius 3 is 2.43 bits per heavy atom. The molecule has 42 heavy (non-hydrogen) atoms. The maximum Gasteiger partial charge on any atom is 0.116 e. The van der Waals surface area contributed by atoms with E-state index in [9.17, 15) is 0 Å². The Labute approximate surface area is 248 Å². The van der Waals surface area contributed by atoms with E-state index in [1.807, 2.05) is 17.4 Å². The van der Waals surface area contributed by atoms with Gasteiger partial charge in [0.25, 0.3) is 0 Å². The number of allylic oxidation sites excluding steroid dienone is 7. The average molecular weight is 560 g/mol. The zero-order chi connectivity index (χ0) is 28.4. The molecule has 202 valence electrons. The van der Waals surface area contributed by atoms with Gasteiger partial charge < -0.3 is 11.5 Å². The molecule has 0 fully saturated rings. The smallest absolute Gasteiger partial charge is 0.116 e. The number of benzene rings is 4. The van der Waals surface area contributed by atoms with Crippen LogP contribution in [0.2, 0.25) is 0 Å². The lowest BCUT2D eigenvalue weighted by Gasteiger charge is -2.14. The standard InChI is InChI=1S/C38H29N3S/c1-23-26(19-20-39)36-27(25-15-16-31-30-13-7-8-14-34(30)42-35(31)22-25)17-18-32-28-11-5-6-12-29(28)33(38(40)41(23)37(32)36)21-24-9-3-2-4-10-24/h2-9,11-22H,10,39-40H2,1H3/b20-19-,24-21-. The van der Waals surface area contributed by atoms with Crippen molar-refractivity contribution in [2.75, 3.05) is 0 Å². The van der Waals surface area contributed by atoms with Crippen molar-refractivity contribution in [1.29, 1.82) is 0 Å². The Hall–Kier alpha value is -5.06. The molecule has 4 aromatic carbocycles. The molecule has 0 bridgehead atoms. The van der Waals surface area contributed by atoms with E-state index in [2.05, 4.69) is 121 Å². The molecule has 6 aromatic rings. The summed E-state index contributed by atoms with van der Waals surface area (Å²) in [6.07, 6.45) is 15.3. The Bertz CT molecular complexity index is 2250. The summed E-state index contributed by atoms with van der Waals surface area (Å²) in [6.45, 7) is 2.15. The van der Waals surface area contributed by atoms with Gasteiger partial charge in [0.1, 0.15) is 5.82 Å². The van der Waals surface area contributed by atoms with E-state index in [-0.39, 0.29) is 0 Å². The molecule has 2 aliphatic rings. The molecule has 0 saturated carbocycles. The highest BCUT2D eigenvalue weighted by Crippen LogP contribution is 2.47. The van der Waals surface area contributed by atoms with E-state index in [0.717, 1.165) is 40.2 Å². The second-order valence-corrected chi connectivity index (χ2v) is 12.0. The lowest BCUT2D eigenvalue weighted by molar-refractivity contribution is 1.06. The van der Waals surface area contributed by atoms with E-state index in [0.29, 0.717) is 0 Å². The van der Waals surface area contributed by atoms with Gasteiger partial charge in [0, 0.05) is 48.0 Å². The fourth-order valence-electron chi connectivity index (χ4n) is 6.70. The summed E-state index contributed by atoms with van der Waals surface area (Å²) < 4.78 is 4.84. The zero-order valence-corrected chi connectivity index (χ0v) is 24.1. The summed E-state index contributed by atoms with van der Waals surface area (Å²) >= 11 is 1.85. The van der Waals surface area contributed by atoms with Crippen molar-refractivity contribution < 1.29 is 0 Å². The van der Waals surface area contributed by atoms with Gasteiger partial charge in [-0.15, -0.1) is 11.3 Å². The first-order chi connectivity index (χ1) is 20.6. The highest BCUT2D eigenvalue weighted by Gasteiger charge is 2.27. The van der Waals surface area contributed by atoms with E-state index in [4.69, 9.17) is 11.5 Å². The summed E-state index contributed by atoms with van der Waals surface area (Å²) in [7, 11) is 0. The van der Waals surface area contributed by atoms with Gasteiger partial charge in [0.15, 0.2) is 0 Å². The van der Waals surface area contributed by atoms with Crippen LogP contribution in [0.15, 0.2) is 121 Å². The number of nitrogens with two attached hydrogens (primary N) is 2. The molecule has 1 aliphatic heterocycles. The summed E-state index contributed by atoms with van der Waals surface area (Å²) in [6, 6.07) is 28.7. The summed E-state index contributed by atoms with van der Waals surface area (Å²) in [5.41, 5.74) is 24.7. The van der Waals surface area contributed by atoms with Crippen molar-refractivity contribution in [3.05, 3.63) is 138 Å². The van der Waals surface area contributed by atoms with Crippen LogP contribution in [-0.2, 0) is 0 Å². The molecule has 0 spiro atoms. The van der Waals surface area contributed by atoms with Gasteiger partial charge in [0.05, 0.1) is 5.52 Å². The fourth-order valence-corrected chi connectivity index (χ4v) is 7.85. The number of aromatic nitrogens is 1. The summed E-state index contributed by atoms with van der Waals surface area (Å²) in [5.74, 6) is 0.730. The minimum atomic E-state index is 0.730. The molecule has 8 rings (SSSR count). The number of rotatable bonds is 3. The van der Waals surface area contributed by atoms with Gasteiger partial charge in [-0.3, -0.25) is 4.57 Å². The number of hydrogen-bond acceptors (Lipinski definition) is 3. The van der Waals surface area contributed by atoms with Crippen LogP contribution in [0.3, 0.4) is 0 Å². The second kappa shape index (κ2) is 9.51. The van der Waals surface area contributed by atoms with E-state index < -0.39 is 0 Å². The van der Waals surface area contributed by atoms with Crippen molar-refractivity contribution in [2.24, 2.45) is 11.5 Å². The average Bonchev–Trinajstić information content (AvgIpc) is 3.51. The van der Waals surface area contributed by atoms with E-state index >= 15 is 0 Å². The van der Waals surface area contributed by atoms with Crippen LogP contribution in [0.5, 0.6) is 0 Å². The molecule has 0 radical (unpaired) electrons. The monoisotopic (exact) mass is 559 g/mol. The van der Waals surface area contributed by atoms with Crippen molar-refractivity contribution in [3.63, 3.8) is 0 Å². The molecular formula is C38H29N3S. The minimum absolute atomic E-state index is 0.730. The third-order valence-electron chi connectivity index (χ3n) is 8.61. The normalized spacial score (nSPS) is 15.5. The molecule has 2 aromatic heterocycles. The highest BCUT2D eigenvalue weighted by atomic mass is 32.1. The van der Waals surface area contributed by atoms with E-state index in [1.54, 1.807) is 6.20 Å². The van der Waals surface area contributed by atoms with Crippen LogP contribution < -0.4 is 11.5 Å². The van der Waals surface area contributed by atoms with Gasteiger partial charge in [-0.2, -0.15) is 0 Å². The van der Waals surface area contributed by atoms with E-state index in [1.165, 1.54) is 53.4 Å². The first-order valence-electron chi connectivity index (χ1n) is 14.3. The largest absolute Gasteiger partial charge is 0.405 e. The Balaban J connectivity index is 1.46. The molecule has 3 heterocycles. The first-order valence-corrected chi connectivity index (χ1v) is 15.1. The van der Waals surface area contributed by atoms with Crippen LogP contribution in [0.25, 0.3) is 70.8 Å². The van der Waals surface area contributed by atoms with Gasteiger partial charge in [0.2, 0.25) is 0 Å². The first kappa shape index (κ1) is 24.7. The molecule has 0 saturated heterocycles. The van der Waals surface area contributed by atoms with Gasteiger partial charge >= 0.3 is 0 Å². The zero-order valence-electron chi connectivity index (χ0n) is 23.3. The molecule has 4 N–H and O–H groups in total. The van der Waals surface area contributed by atoms with Crippen LogP contribution >= 0.6 is 11.3 Å². The van der Waals surface area contributed by atoms with Crippen molar-refractivity contribution in [1.82, 2.24) is 4.57 Å². The van der Waals surface area contributed by atoms with Gasteiger partial charge in [-0.05, 0) is 71.7 Å². The molecule has 4 heteroatoms. The van der Waals surface area contributed by atoms with Gasteiger partial charge in [-0.25, -0.2) is 0 Å². The topological polar surface area (TPSA) is 57.0 Å². The SMILES string of the molecule is Cc1c(/C=C\N)c2c(-c3ccc4c(c3)sc3ccccc34)ccc3c2n1C(N)=C(/C=C1/C=CC=CC1)c1ccccc1-3. The van der Waals surface area contributed by atoms with Crippen molar-refractivity contribution >= 4 is 59.9 Å². The molecule has 3 nitrogen and oxygen atoms in total. The Morgan fingerprint density at radius 2 is 1.60 bits per heavy atom. The lowest BCUT2D eigenvalue weighted by atomic mass is 9.89. The molecular weight excluding hydrogens is 531 g/mol. The van der Waals surface area contributed by atoms with Crippen molar-refractivity contribution in [2.45, 2.75) is 13.3 Å². The second-order valence-electron chi connectivity index (χ2n) is 10.9. The minimum Gasteiger partial charge on any atom is -0.405 e. The molecule has 0 unspecified atom stereocenters. The molecule has 0 amide bonds. The summed E-state index contributed by atoms with van der Waals surface area (Å²) in [5, 5.41) is 3.77. The van der Waals surface area contributed by atoms with Crippen molar-refractivity contribution in [3.8, 4) is 22.3 Å². The van der Waals surface area contributed by atoms with Crippen LogP contribution in [-0.4, -0.2) is 4.57 Å². The number of hydrogen-bond donors (Lipinski definition) is 2. The third-order valence-corrected chi connectivity index (χ3v) is 9.75. The maximum atomic E-state index is 7.20. The lowest BCUT2D eigenvalue weighted by Crippen LogP contribution is -2.10. The molecule has 1 aliphatic carbocycles. The van der Waals surface area contributed by atoms with Crippen LogP contribution in [0, 0.1) is 6.92 Å². The molecule has 0 atom stereocenters. The fraction of sp³-hybridized carbons (Fsp3) is 0.0526. The predicted molar refractivity (Wildman–Crippen MR) is 182 cm³/mol. The van der Waals surface area contributed by atoms with Gasteiger partial charge in [-0.1, -0.05) is 91.0 Å². The highest BCUT2D eigenvalue weighted by molar-refractivity contribution is 7.25.